The third kappa shape index (κ3) is 4.82. The van der Waals surface area contributed by atoms with E-state index in [2.05, 4.69) is 10.5 Å². The first-order chi connectivity index (χ1) is 10.9. The average Bonchev–Trinajstić information content (AvgIpc) is 2.90. The molecule has 8 heteroatoms. The number of aromatic hydroxyl groups is 1. The highest BCUT2D eigenvalue weighted by Gasteiger charge is 2.33. The number of amides is 1. The Morgan fingerprint density at radius 1 is 1.52 bits per heavy atom. The molecule has 0 saturated carbocycles. The van der Waals surface area contributed by atoms with Gasteiger partial charge in [0.2, 0.25) is 5.91 Å². The summed E-state index contributed by atoms with van der Waals surface area (Å²) in [6.45, 7) is 4.83. The van der Waals surface area contributed by atoms with E-state index in [1.54, 1.807) is 19.9 Å². The van der Waals surface area contributed by atoms with E-state index < -0.39 is 5.79 Å². The van der Waals surface area contributed by atoms with E-state index in [0.29, 0.717) is 25.4 Å². The first kappa shape index (κ1) is 17.5. The molecule has 0 spiro atoms. The van der Waals surface area contributed by atoms with Crippen LogP contribution in [0.2, 0.25) is 5.02 Å². The van der Waals surface area contributed by atoms with Crippen molar-refractivity contribution >= 4 is 23.7 Å². The van der Waals surface area contributed by atoms with Gasteiger partial charge in [-0.25, -0.2) is 5.43 Å². The van der Waals surface area contributed by atoms with Crippen molar-refractivity contribution in [2.75, 3.05) is 19.8 Å². The van der Waals surface area contributed by atoms with Crippen LogP contribution in [0.1, 0.15) is 25.8 Å². The first-order valence-electron chi connectivity index (χ1n) is 7.18. The van der Waals surface area contributed by atoms with Crippen LogP contribution in [0.3, 0.4) is 0 Å². The van der Waals surface area contributed by atoms with Crippen molar-refractivity contribution in [1.82, 2.24) is 5.43 Å². The fraction of sp³-hybridized carbons (Fsp3) is 0.467. The molecule has 23 heavy (non-hydrogen) atoms. The quantitative estimate of drug-likeness (QED) is 0.610. The molecule has 0 aromatic heterocycles. The van der Waals surface area contributed by atoms with Crippen molar-refractivity contribution in [2.45, 2.75) is 26.1 Å². The molecule has 2 rings (SSSR count). The lowest BCUT2D eigenvalue weighted by atomic mass is 10.2. The van der Waals surface area contributed by atoms with Gasteiger partial charge >= 0.3 is 0 Å². The third-order valence-electron chi connectivity index (χ3n) is 3.13. The van der Waals surface area contributed by atoms with E-state index in [1.165, 1.54) is 12.3 Å². The van der Waals surface area contributed by atoms with Gasteiger partial charge in [-0.05, 0) is 31.5 Å². The second-order valence-electron chi connectivity index (χ2n) is 5.08. The lowest BCUT2D eigenvalue weighted by molar-refractivity contribution is -0.159. The van der Waals surface area contributed by atoms with Crippen molar-refractivity contribution < 1.29 is 24.1 Å². The highest BCUT2D eigenvalue weighted by molar-refractivity contribution is 6.32. The summed E-state index contributed by atoms with van der Waals surface area (Å²) in [6, 6.07) is 3.09. The van der Waals surface area contributed by atoms with E-state index >= 15 is 0 Å². The number of ether oxygens (including phenoxy) is 3. The maximum Gasteiger partial charge on any atom is 0.245 e. The predicted molar refractivity (Wildman–Crippen MR) is 84.9 cm³/mol. The maximum absolute atomic E-state index is 11.8. The van der Waals surface area contributed by atoms with Crippen LogP contribution in [0.15, 0.2) is 17.2 Å². The van der Waals surface area contributed by atoms with E-state index in [-0.39, 0.29) is 28.8 Å². The number of hydrogen-bond donors (Lipinski definition) is 2. The molecule has 1 aromatic rings. The molecule has 1 aromatic carbocycles. The van der Waals surface area contributed by atoms with Crippen LogP contribution in [-0.2, 0) is 14.3 Å². The molecule has 0 bridgehead atoms. The van der Waals surface area contributed by atoms with Gasteiger partial charge in [0, 0.05) is 0 Å². The topological polar surface area (TPSA) is 89.4 Å². The Hall–Kier alpha value is -1.83. The van der Waals surface area contributed by atoms with E-state index in [1.807, 2.05) is 0 Å². The van der Waals surface area contributed by atoms with E-state index in [0.717, 1.165) is 0 Å². The zero-order valence-corrected chi connectivity index (χ0v) is 13.7. The van der Waals surface area contributed by atoms with Crippen LogP contribution < -0.4 is 10.2 Å². The van der Waals surface area contributed by atoms with Crippen molar-refractivity contribution in [1.29, 1.82) is 0 Å². The van der Waals surface area contributed by atoms with Gasteiger partial charge in [-0.1, -0.05) is 11.6 Å². The molecule has 0 radical (unpaired) electrons. The van der Waals surface area contributed by atoms with Gasteiger partial charge in [0.15, 0.2) is 17.3 Å². The van der Waals surface area contributed by atoms with Crippen LogP contribution in [-0.4, -0.2) is 42.8 Å². The van der Waals surface area contributed by atoms with Gasteiger partial charge in [0.05, 0.1) is 37.5 Å². The Labute approximate surface area is 139 Å². The van der Waals surface area contributed by atoms with Crippen LogP contribution in [0.4, 0.5) is 0 Å². The largest absolute Gasteiger partial charge is 0.503 e. The smallest absolute Gasteiger partial charge is 0.245 e. The van der Waals surface area contributed by atoms with E-state index in [4.69, 9.17) is 25.8 Å². The number of rotatable bonds is 6. The number of nitrogens with one attached hydrogen (secondary N) is 1. The number of nitrogens with zero attached hydrogens (tertiary/aromatic N) is 1. The second-order valence-corrected chi connectivity index (χ2v) is 5.49. The van der Waals surface area contributed by atoms with Crippen LogP contribution in [0.25, 0.3) is 0 Å². The molecule has 7 nitrogen and oxygen atoms in total. The molecular weight excluding hydrogens is 324 g/mol. The first-order valence-corrected chi connectivity index (χ1v) is 7.56. The third-order valence-corrected chi connectivity index (χ3v) is 3.42. The van der Waals surface area contributed by atoms with Gasteiger partial charge in [-0.2, -0.15) is 5.10 Å². The molecule has 1 amide bonds. The molecule has 1 saturated heterocycles. The Bertz CT molecular complexity index is 600. The number of halogens is 1. The van der Waals surface area contributed by atoms with Crippen LogP contribution >= 0.6 is 11.6 Å². The molecule has 1 aliphatic heterocycles. The number of hydrogen-bond acceptors (Lipinski definition) is 6. The number of carbonyl (C=O) groups excluding carboxylic acids is 1. The molecule has 0 unspecified atom stereocenters. The lowest BCUT2D eigenvalue weighted by Gasteiger charge is -2.20. The standard InChI is InChI=1S/C15H19ClN2O5/c1-3-21-12-7-10(6-11(16)14(12)20)9-17-18-13(19)8-15(2)22-4-5-23-15/h6-7,9,20H,3-5,8H2,1-2H3,(H,18,19)/b17-9-. The number of benzene rings is 1. The average molecular weight is 343 g/mol. The van der Waals surface area contributed by atoms with Gasteiger partial charge in [-0.3, -0.25) is 4.79 Å². The van der Waals surface area contributed by atoms with Crippen molar-refractivity contribution in [3.8, 4) is 11.5 Å². The monoisotopic (exact) mass is 342 g/mol. The summed E-state index contributed by atoms with van der Waals surface area (Å²) < 4.78 is 16.0. The fourth-order valence-electron chi connectivity index (χ4n) is 2.10. The molecule has 126 valence electrons. The minimum absolute atomic E-state index is 0.0465. The molecule has 1 heterocycles. The Balaban J connectivity index is 1.96. The van der Waals surface area contributed by atoms with Crippen LogP contribution in [0, 0.1) is 0 Å². The summed E-state index contributed by atoms with van der Waals surface area (Å²) in [5.74, 6) is -1.10. The highest BCUT2D eigenvalue weighted by Crippen LogP contribution is 2.34. The molecule has 1 aliphatic rings. The Morgan fingerprint density at radius 2 is 2.22 bits per heavy atom. The van der Waals surface area contributed by atoms with Gasteiger partial charge in [-0.15, -0.1) is 0 Å². The minimum Gasteiger partial charge on any atom is -0.503 e. The SMILES string of the molecule is CCOc1cc(/C=N\NC(=O)CC2(C)OCCO2)cc(Cl)c1O. The Kier molecular flexibility index (Phi) is 5.81. The summed E-state index contributed by atoms with van der Waals surface area (Å²) in [7, 11) is 0. The summed E-state index contributed by atoms with van der Waals surface area (Å²) in [5.41, 5.74) is 2.97. The lowest BCUT2D eigenvalue weighted by Crippen LogP contribution is -2.33. The molecule has 0 atom stereocenters. The number of carbonyl (C=O) groups is 1. The predicted octanol–water partition coefficient (Wildman–Crippen LogP) is 2.05. The number of phenolic OH excluding ortho intramolecular Hbond substituents is 1. The van der Waals surface area contributed by atoms with E-state index in [9.17, 15) is 9.90 Å². The van der Waals surface area contributed by atoms with Crippen molar-refractivity contribution in [2.24, 2.45) is 5.10 Å². The summed E-state index contributed by atoms with van der Waals surface area (Å²) in [4.78, 5) is 11.8. The zero-order chi connectivity index (χ0) is 16.9. The maximum atomic E-state index is 11.8. The second kappa shape index (κ2) is 7.63. The minimum atomic E-state index is -0.899. The molecular formula is C15H19ClN2O5. The summed E-state index contributed by atoms with van der Waals surface area (Å²) in [6.07, 6.45) is 1.45. The van der Waals surface area contributed by atoms with Gasteiger partial charge in [0.25, 0.3) is 0 Å². The van der Waals surface area contributed by atoms with Crippen molar-refractivity contribution in [3.05, 3.63) is 22.7 Å². The normalized spacial score (nSPS) is 16.7. The number of hydrazone groups is 1. The molecule has 1 fully saturated rings. The summed E-state index contributed by atoms with van der Waals surface area (Å²) >= 11 is 5.92. The molecule has 2 N–H and O–H groups in total. The van der Waals surface area contributed by atoms with Crippen molar-refractivity contribution in [3.63, 3.8) is 0 Å². The van der Waals surface area contributed by atoms with Gasteiger partial charge in [0.1, 0.15) is 0 Å². The zero-order valence-electron chi connectivity index (χ0n) is 13.0. The van der Waals surface area contributed by atoms with Crippen LogP contribution in [0.5, 0.6) is 11.5 Å². The Morgan fingerprint density at radius 3 is 2.87 bits per heavy atom. The summed E-state index contributed by atoms with van der Waals surface area (Å²) in [5, 5.41) is 13.8. The highest BCUT2D eigenvalue weighted by atomic mass is 35.5. The fourth-order valence-corrected chi connectivity index (χ4v) is 2.32. The molecule has 0 aliphatic carbocycles. The number of phenols is 1. The van der Waals surface area contributed by atoms with Gasteiger partial charge < -0.3 is 19.3 Å².